The zero-order valence-electron chi connectivity index (χ0n) is 12.8. The molecule has 0 aliphatic carbocycles. The highest BCUT2D eigenvalue weighted by molar-refractivity contribution is 14.0. The van der Waals surface area contributed by atoms with Crippen LogP contribution < -0.4 is 10.6 Å². The smallest absolute Gasteiger partial charge is 0.191 e. The third-order valence-electron chi connectivity index (χ3n) is 3.79. The Kier molecular flexibility index (Phi) is 7.41. The van der Waals surface area contributed by atoms with Crippen LogP contribution in [0.15, 0.2) is 4.99 Å². The van der Waals surface area contributed by atoms with Crippen molar-refractivity contribution in [3.05, 3.63) is 0 Å². The van der Waals surface area contributed by atoms with E-state index in [4.69, 9.17) is 9.73 Å². The van der Waals surface area contributed by atoms with Crippen LogP contribution in [0.3, 0.4) is 0 Å². The summed E-state index contributed by atoms with van der Waals surface area (Å²) in [7, 11) is 0. The number of thioether (sulfide) groups is 1. The minimum atomic E-state index is 0. The van der Waals surface area contributed by atoms with Gasteiger partial charge in [0.15, 0.2) is 5.96 Å². The Balaban J connectivity index is 0.00000200. The minimum Gasteiger partial charge on any atom is -0.380 e. The van der Waals surface area contributed by atoms with Crippen molar-refractivity contribution in [2.75, 3.05) is 38.6 Å². The van der Waals surface area contributed by atoms with Gasteiger partial charge in [0, 0.05) is 23.3 Å². The average molecular weight is 413 g/mol. The quantitative estimate of drug-likeness (QED) is 0.413. The van der Waals surface area contributed by atoms with E-state index in [0.29, 0.717) is 4.75 Å². The minimum absolute atomic E-state index is 0. The number of nitrogens with zero attached hydrogens (tertiary/aromatic N) is 1. The number of guanidine groups is 1. The van der Waals surface area contributed by atoms with E-state index in [9.17, 15) is 0 Å². The molecule has 0 amide bonds. The summed E-state index contributed by atoms with van der Waals surface area (Å²) in [4.78, 5) is 4.70. The lowest BCUT2D eigenvalue weighted by Gasteiger charge is -2.36. The van der Waals surface area contributed by atoms with Crippen molar-refractivity contribution in [3.8, 4) is 0 Å². The zero-order valence-corrected chi connectivity index (χ0v) is 16.0. The van der Waals surface area contributed by atoms with E-state index < -0.39 is 0 Å². The number of ether oxygens (including phenoxy) is 1. The zero-order chi connectivity index (χ0) is 13.8. The van der Waals surface area contributed by atoms with Gasteiger partial charge < -0.3 is 15.4 Å². The fourth-order valence-electron chi connectivity index (χ4n) is 2.40. The highest BCUT2D eigenvalue weighted by Gasteiger charge is 2.33. The van der Waals surface area contributed by atoms with Gasteiger partial charge in [-0.25, -0.2) is 0 Å². The predicted molar refractivity (Wildman–Crippen MR) is 98.4 cm³/mol. The van der Waals surface area contributed by atoms with Gasteiger partial charge in [-0.05, 0) is 32.4 Å². The summed E-state index contributed by atoms with van der Waals surface area (Å²) in [6.07, 6.45) is 2.64. The Morgan fingerprint density at radius 3 is 2.55 bits per heavy atom. The van der Waals surface area contributed by atoms with Crippen LogP contribution in [0.4, 0.5) is 0 Å². The third-order valence-corrected chi connectivity index (χ3v) is 5.33. The molecule has 2 saturated heterocycles. The highest BCUT2D eigenvalue weighted by atomic mass is 127. The van der Waals surface area contributed by atoms with E-state index in [0.717, 1.165) is 38.8 Å². The van der Waals surface area contributed by atoms with Crippen molar-refractivity contribution >= 4 is 41.7 Å². The van der Waals surface area contributed by atoms with E-state index >= 15 is 0 Å². The summed E-state index contributed by atoms with van der Waals surface area (Å²) in [5, 5.41) is 6.83. The largest absolute Gasteiger partial charge is 0.380 e. The van der Waals surface area contributed by atoms with E-state index in [1.807, 2.05) is 0 Å². The normalized spacial score (nSPS) is 28.4. The van der Waals surface area contributed by atoms with Gasteiger partial charge in [0.2, 0.25) is 0 Å². The molecule has 1 atom stereocenters. The van der Waals surface area contributed by atoms with Crippen LogP contribution in [-0.2, 0) is 4.74 Å². The topological polar surface area (TPSA) is 45.7 Å². The molecule has 2 N–H and O–H groups in total. The SMILES string of the molecule is CCNC(=NCC1(C)COC1)NCC1(C)CCCS1.I. The molecule has 0 aromatic rings. The van der Waals surface area contributed by atoms with Gasteiger partial charge >= 0.3 is 0 Å². The van der Waals surface area contributed by atoms with Crippen LogP contribution in [0.25, 0.3) is 0 Å². The molecule has 2 aliphatic rings. The summed E-state index contributed by atoms with van der Waals surface area (Å²) >= 11 is 2.08. The molecular formula is C14H28IN3OS. The number of rotatable bonds is 5. The maximum absolute atomic E-state index is 5.27. The van der Waals surface area contributed by atoms with Gasteiger partial charge in [0.05, 0.1) is 19.8 Å². The molecule has 0 aromatic heterocycles. The lowest BCUT2D eigenvalue weighted by Crippen LogP contribution is -2.46. The maximum atomic E-state index is 5.27. The Morgan fingerprint density at radius 2 is 2.05 bits per heavy atom. The highest BCUT2D eigenvalue weighted by Crippen LogP contribution is 2.36. The molecule has 2 fully saturated rings. The number of hydrogen-bond donors (Lipinski definition) is 2. The Morgan fingerprint density at radius 1 is 1.30 bits per heavy atom. The molecule has 4 nitrogen and oxygen atoms in total. The molecular weight excluding hydrogens is 385 g/mol. The average Bonchev–Trinajstić information content (AvgIpc) is 2.78. The molecule has 0 saturated carbocycles. The molecule has 1 unspecified atom stereocenters. The van der Waals surface area contributed by atoms with Crippen molar-refractivity contribution in [1.29, 1.82) is 0 Å². The van der Waals surface area contributed by atoms with Crippen molar-refractivity contribution in [2.24, 2.45) is 10.4 Å². The summed E-state index contributed by atoms with van der Waals surface area (Å²) in [6.45, 7) is 11.1. The second-order valence-electron chi connectivity index (χ2n) is 6.25. The summed E-state index contributed by atoms with van der Waals surface area (Å²) < 4.78 is 5.65. The molecule has 6 heteroatoms. The van der Waals surface area contributed by atoms with Gasteiger partial charge in [-0.15, -0.1) is 24.0 Å². The first kappa shape index (κ1) is 18.4. The summed E-state index contributed by atoms with van der Waals surface area (Å²) in [5.41, 5.74) is 0.244. The van der Waals surface area contributed by atoms with Crippen molar-refractivity contribution in [3.63, 3.8) is 0 Å². The van der Waals surface area contributed by atoms with E-state index in [1.165, 1.54) is 18.6 Å². The van der Waals surface area contributed by atoms with Crippen molar-refractivity contribution < 1.29 is 4.74 Å². The number of halogens is 1. The molecule has 118 valence electrons. The Bertz CT molecular complexity index is 328. The predicted octanol–water partition coefficient (Wildman–Crippen LogP) is 2.48. The van der Waals surface area contributed by atoms with Gasteiger partial charge in [-0.3, -0.25) is 4.99 Å². The first-order chi connectivity index (χ1) is 9.05. The summed E-state index contributed by atoms with van der Waals surface area (Å²) in [5.74, 6) is 2.24. The Labute approximate surface area is 144 Å². The van der Waals surface area contributed by atoms with Gasteiger partial charge in [-0.2, -0.15) is 11.8 Å². The van der Waals surface area contributed by atoms with Crippen LogP contribution in [0, 0.1) is 5.41 Å². The number of aliphatic imine (C=N–C) groups is 1. The van der Waals surface area contributed by atoms with E-state index in [-0.39, 0.29) is 29.4 Å². The fourth-order valence-corrected chi connectivity index (χ4v) is 3.64. The van der Waals surface area contributed by atoms with Crippen LogP contribution in [0.5, 0.6) is 0 Å². The maximum Gasteiger partial charge on any atom is 0.191 e. The molecule has 0 spiro atoms. The standard InChI is InChI=1S/C14H27N3OS.HI/c1-4-15-12(16-8-13(2)10-18-11-13)17-9-14(3)6-5-7-19-14;/h4-11H2,1-3H3,(H2,15,16,17);1H. The van der Waals surface area contributed by atoms with Crippen LogP contribution >= 0.6 is 35.7 Å². The first-order valence-electron chi connectivity index (χ1n) is 7.29. The molecule has 0 radical (unpaired) electrons. The molecule has 2 aliphatic heterocycles. The first-order valence-corrected chi connectivity index (χ1v) is 8.28. The van der Waals surface area contributed by atoms with Crippen molar-refractivity contribution in [1.82, 2.24) is 10.6 Å². The van der Waals surface area contributed by atoms with Gasteiger partial charge in [0.1, 0.15) is 0 Å². The van der Waals surface area contributed by atoms with E-state index in [1.54, 1.807) is 0 Å². The summed E-state index contributed by atoms with van der Waals surface area (Å²) in [6, 6.07) is 0. The third kappa shape index (κ3) is 5.26. The molecule has 0 aromatic carbocycles. The number of hydrogen-bond acceptors (Lipinski definition) is 3. The Hall–Kier alpha value is 0.310. The van der Waals surface area contributed by atoms with Crippen LogP contribution in [0.2, 0.25) is 0 Å². The second kappa shape index (κ2) is 8.08. The second-order valence-corrected chi connectivity index (χ2v) is 7.94. The molecule has 2 heterocycles. The number of nitrogens with one attached hydrogen (secondary N) is 2. The van der Waals surface area contributed by atoms with Crippen LogP contribution in [-0.4, -0.2) is 49.3 Å². The monoisotopic (exact) mass is 413 g/mol. The van der Waals surface area contributed by atoms with Crippen molar-refractivity contribution in [2.45, 2.75) is 38.4 Å². The molecule has 20 heavy (non-hydrogen) atoms. The fraction of sp³-hybridized carbons (Fsp3) is 0.929. The van der Waals surface area contributed by atoms with Gasteiger partial charge in [-0.1, -0.05) is 6.92 Å². The van der Waals surface area contributed by atoms with Crippen LogP contribution in [0.1, 0.15) is 33.6 Å². The lowest BCUT2D eigenvalue weighted by atomic mass is 9.89. The van der Waals surface area contributed by atoms with E-state index in [2.05, 4.69) is 43.2 Å². The molecule has 2 rings (SSSR count). The lowest BCUT2D eigenvalue weighted by molar-refractivity contribution is -0.0945. The van der Waals surface area contributed by atoms with Gasteiger partial charge in [0.25, 0.3) is 0 Å². The molecule has 0 bridgehead atoms.